The van der Waals surface area contributed by atoms with E-state index in [0.29, 0.717) is 6.42 Å². The van der Waals surface area contributed by atoms with Gasteiger partial charge in [0.2, 0.25) is 5.91 Å². The zero-order valence-electron chi connectivity index (χ0n) is 11.2. The number of unbranched alkanes of at least 4 members (excludes halogenated alkanes) is 1. The Morgan fingerprint density at radius 3 is 2.68 bits per heavy atom. The van der Waals surface area contributed by atoms with Crippen LogP contribution in [0.5, 0.6) is 0 Å². The monoisotopic (exact) mass is 260 g/mol. The number of hydrazone groups is 1. The number of carbonyl (C=O) groups is 1. The summed E-state index contributed by atoms with van der Waals surface area (Å²) in [6, 6.07) is 8.30. The first-order valence-electron chi connectivity index (χ1n) is 6.77. The van der Waals surface area contributed by atoms with Crippen LogP contribution in [0.4, 0.5) is 0 Å². The molecule has 0 saturated heterocycles. The van der Waals surface area contributed by atoms with E-state index in [-0.39, 0.29) is 18.4 Å². The van der Waals surface area contributed by atoms with Gasteiger partial charge >= 0.3 is 0 Å². The van der Waals surface area contributed by atoms with Gasteiger partial charge in [-0.1, -0.05) is 31.2 Å². The lowest BCUT2D eigenvalue weighted by Gasteiger charge is -2.19. The quantitative estimate of drug-likeness (QED) is 0.794. The number of carbonyl (C=O) groups excluding carboxylic acids is 1. The summed E-state index contributed by atoms with van der Waals surface area (Å²) in [6.07, 6.45) is 3.33. The highest BCUT2D eigenvalue weighted by Crippen LogP contribution is 2.17. The molecular formula is C15H20N2O2. The van der Waals surface area contributed by atoms with Crippen LogP contribution in [0, 0.1) is 5.92 Å². The minimum absolute atomic E-state index is 0.0168. The van der Waals surface area contributed by atoms with Gasteiger partial charge < -0.3 is 5.11 Å². The van der Waals surface area contributed by atoms with E-state index >= 15 is 0 Å². The maximum Gasteiger partial charge on any atom is 0.240 e. The van der Waals surface area contributed by atoms with E-state index in [1.54, 1.807) is 0 Å². The number of hydrogen-bond acceptors (Lipinski definition) is 3. The standard InChI is InChI=1S/C15H20N2O2/c1-11-10-14(19)16-17-15(11)13-7-5-12(6-8-13)4-2-3-9-18/h5-8,11,18H,2-4,9-10H2,1H3,(H,16,19). The third kappa shape index (κ3) is 3.64. The molecule has 4 nitrogen and oxygen atoms in total. The van der Waals surface area contributed by atoms with Crippen molar-refractivity contribution in [2.45, 2.75) is 32.6 Å². The van der Waals surface area contributed by atoms with Crippen LogP contribution < -0.4 is 5.43 Å². The van der Waals surface area contributed by atoms with Crippen molar-refractivity contribution >= 4 is 11.6 Å². The van der Waals surface area contributed by atoms with Gasteiger partial charge in [0.25, 0.3) is 0 Å². The Kier molecular flexibility index (Phi) is 4.68. The van der Waals surface area contributed by atoms with E-state index < -0.39 is 0 Å². The third-order valence-corrected chi connectivity index (χ3v) is 3.38. The highest BCUT2D eigenvalue weighted by molar-refractivity contribution is 6.05. The normalized spacial score (nSPS) is 18.9. The van der Waals surface area contributed by atoms with Crippen molar-refractivity contribution in [1.82, 2.24) is 5.43 Å². The molecule has 102 valence electrons. The van der Waals surface area contributed by atoms with Crippen molar-refractivity contribution in [2.24, 2.45) is 11.0 Å². The summed E-state index contributed by atoms with van der Waals surface area (Å²) in [6.45, 7) is 2.28. The Balaban J connectivity index is 2.04. The molecule has 4 heteroatoms. The zero-order valence-corrected chi connectivity index (χ0v) is 11.2. The number of amides is 1. The molecule has 1 unspecified atom stereocenters. The first-order valence-corrected chi connectivity index (χ1v) is 6.77. The topological polar surface area (TPSA) is 61.7 Å². The smallest absolute Gasteiger partial charge is 0.240 e. The lowest BCUT2D eigenvalue weighted by molar-refractivity contribution is -0.121. The zero-order chi connectivity index (χ0) is 13.7. The lowest BCUT2D eigenvalue weighted by Crippen LogP contribution is -2.31. The number of nitrogens with one attached hydrogen (secondary N) is 1. The Labute approximate surface area is 113 Å². The molecule has 1 aliphatic rings. The first-order chi connectivity index (χ1) is 9.20. The fourth-order valence-electron chi connectivity index (χ4n) is 2.29. The molecule has 0 aromatic heterocycles. The summed E-state index contributed by atoms with van der Waals surface area (Å²) in [4.78, 5) is 11.2. The van der Waals surface area contributed by atoms with Gasteiger partial charge in [0.05, 0.1) is 5.71 Å². The van der Waals surface area contributed by atoms with Gasteiger partial charge in [0, 0.05) is 18.9 Å². The van der Waals surface area contributed by atoms with Gasteiger partial charge in [0.15, 0.2) is 0 Å². The van der Waals surface area contributed by atoms with Crippen molar-refractivity contribution in [3.8, 4) is 0 Å². The second kappa shape index (κ2) is 6.48. The highest BCUT2D eigenvalue weighted by Gasteiger charge is 2.21. The summed E-state index contributed by atoms with van der Waals surface area (Å²) in [5, 5.41) is 12.9. The van der Waals surface area contributed by atoms with E-state index in [0.717, 1.165) is 30.5 Å². The van der Waals surface area contributed by atoms with Crippen molar-refractivity contribution in [3.05, 3.63) is 35.4 Å². The number of rotatable bonds is 5. The first kappa shape index (κ1) is 13.7. The maximum absolute atomic E-state index is 11.2. The molecule has 0 spiro atoms. The van der Waals surface area contributed by atoms with Gasteiger partial charge in [-0.05, 0) is 30.4 Å². The molecule has 0 fully saturated rings. The molecule has 1 aromatic carbocycles. The molecule has 0 radical (unpaired) electrons. The van der Waals surface area contributed by atoms with Gasteiger partial charge in [-0.15, -0.1) is 0 Å². The SMILES string of the molecule is CC1CC(=O)NN=C1c1ccc(CCCCO)cc1. The fourth-order valence-corrected chi connectivity index (χ4v) is 2.29. The van der Waals surface area contributed by atoms with Gasteiger partial charge in [-0.2, -0.15) is 5.10 Å². The van der Waals surface area contributed by atoms with Gasteiger partial charge in [-0.3, -0.25) is 4.79 Å². The lowest BCUT2D eigenvalue weighted by atomic mass is 9.93. The summed E-state index contributed by atoms with van der Waals surface area (Å²) in [5.41, 5.74) is 5.82. The molecule has 1 atom stereocenters. The largest absolute Gasteiger partial charge is 0.396 e. The number of aryl methyl sites for hydroxylation is 1. The van der Waals surface area contributed by atoms with Crippen LogP contribution >= 0.6 is 0 Å². The van der Waals surface area contributed by atoms with Crippen molar-refractivity contribution in [3.63, 3.8) is 0 Å². The molecule has 2 rings (SSSR count). The third-order valence-electron chi connectivity index (χ3n) is 3.38. The molecular weight excluding hydrogens is 240 g/mol. The van der Waals surface area contributed by atoms with Crippen LogP contribution in [0.2, 0.25) is 0 Å². The van der Waals surface area contributed by atoms with Crippen LogP contribution in [0.15, 0.2) is 29.4 Å². The number of benzene rings is 1. The minimum Gasteiger partial charge on any atom is -0.396 e. The fraction of sp³-hybridized carbons (Fsp3) is 0.467. The van der Waals surface area contributed by atoms with E-state index in [1.807, 2.05) is 6.92 Å². The van der Waals surface area contributed by atoms with E-state index in [1.165, 1.54) is 5.56 Å². The summed E-state index contributed by atoms with van der Waals surface area (Å²) in [5.74, 6) is 0.144. The Hall–Kier alpha value is -1.68. The summed E-state index contributed by atoms with van der Waals surface area (Å²) in [7, 11) is 0. The van der Waals surface area contributed by atoms with Gasteiger partial charge in [0.1, 0.15) is 0 Å². The van der Waals surface area contributed by atoms with Crippen LogP contribution in [-0.4, -0.2) is 23.3 Å². The number of aliphatic hydroxyl groups excluding tert-OH is 1. The molecule has 1 aromatic rings. The Bertz CT molecular complexity index is 466. The molecule has 0 aliphatic carbocycles. The Morgan fingerprint density at radius 1 is 1.32 bits per heavy atom. The highest BCUT2D eigenvalue weighted by atomic mass is 16.2. The molecule has 0 bridgehead atoms. The summed E-state index contributed by atoms with van der Waals surface area (Å²) >= 11 is 0. The van der Waals surface area contributed by atoms with Crippen molar-refractivity contribution < 1.29 is 9.90 Å². The van der Waals surface area contributed by atoms with E-state index in [2.05, 4.69) is 34.8 Å². The second-order valence-corrected chi connectivity index (χ2v) is 5.01. The average molecular weight is 260 g/mol. The van der Waals surface area contributed by atoms with Crippen LogP contribution in [0.25, 0.3) is 0 Å². The van der Waals surface area contributed by atoms with Crippen LogP contribution in [0.3, 0.4) is 0 Å². The average Bonchev–Trinajstić information content (AvgIpc) is 2.40. The van der Waals surface area contributed by atoms with Gasteiger partial charge in [-0.25, -0.2) is 5.43 Å². The van der Waals surface area contributed by atoms with E-state index in [4.69, 9.17) is 5.11 Å². The van der Waals surface area contributed by atoms with Crippen LogP contribution in [0.1, 0.15) is 37.3 Å². The molecule has 1 aliphatic heterocycles. The number of nitrogens with zero attached hydrogens (tertiary/aromatic N) is 1. The number of hydrogen-bond donors (Lipinski definition) is 2. The molecule has 19 heavy (non-hydrogen) atoms. The number of aliphatic hydroxyl groups is 1. The molecule has 1 heterocycles. The molecule has 2 N–H and O–H groups in total. The molecule has 1 amide bonds. The maximum atomic E-state index is 11.2. The summed E-state index contributed by atoms with van der Waals surface area (Å²) < 4.78 is 0. The predicted octanol–water partition coefficient (Wildman–Crippen LogP) is 1.86. The second-order valence-electron chi connectivity index (χ2n) is 5.01. The van der Waals surface area contributed by atoms with E-state index in [9.17, 15) is 4.79 Å². The Morgan fingerprint density at radius 2 is 2.05 bits per heavy atom. The van der Waals surface area contributed by atoms with Crippen LogP contribution in [-0.2, 0) is 11.2 Å². The van der Waals surface area contributed by atoms with Crippen molar-refractivity contribution in [2.75, 3.05) is 6.61 Å². The molecule has 0 saturated carbocycles. The predicted molar refractivity (Wildman–Crippen MR) is 74.9 cm³/mol. The minimum atomic E-state index is -0.0168. The van der Waals surface area contributed by atoms with Crippen molar-refractivity contribution in [1.29, 1.82) is 0 Å².